The van der Waals surface area contributed by atoms with Crippen LogP contribution in [-0.2, 0) is 6.54 Å². The number of halogens is 1. The normalized spacial score (nSPS) is 10.0. The summed E-state index contributed by atoms with van der Waals surface area (Å²) >= 11 is 0. The SMILES string of the molecule is COc1ncccc1CNC(=O)c1ccncc1F. The molecule has 0 unspecified atom stereocenters. The molecule has 5 nitrogen and oxygen atoms in total. The van der Waals surface area contributed by atoms with Gasteiger partial charge in [-0.15, -0.1) is 0 Å². The number of aromatic nitrogens is 2. The predicted octanol–water partition coefficient (Wildman–Crippen LogP) is 1.55. The van der Waals surface area contributed by atoms with Crippen LogP contribution >= 0.6 is 0 Å². The summed E-state index contributed by atoms with van der Waals surface area (Å²) in [5.74, 6) is -0.734. The van der Waals surface area contributed by atoms with Crippen LogP contribution in [0.5, 0.6) is 5.88 Å². The van der Waals surface area contributed by atoms with E-state index in [1.54, 1.807) is 18.3 Å². The van der Waals surface area contributed by atoms with Crippen LogP contribution < -0.4 is 10.1 Å². The van der Waals surface area contributed by atoms with E-state index in [4.69, 9.17) is 4.74 Å². The lowest BCUT2D eigenvalue weighted by Crippen LogP contribution is -2.24. The lowest BCUT2D eigenvalue weighted by Gasteiger charge is -2.08. The monoisotopic (exact) mass is 261 g/mol. The van der Waals surface area contributed by atoms with Crippen molar-refractivity contribution in [3.8, 4) is 5.88 Å². The minimum absolute atomic E-state index is 0.0437. The molecule has 2 heterocycles. The molecule has 0 saturated heterocycles. The summed E-state index contributed by atoms with van der Waals surface area (Å²) in [6.45, 7) is 0.206. The van der Waals surface area contributed by atoms with Crippen molar-refractivity contribution in [2.45, 2.75) is 6.54 Å². The van der Waals surface area contributed by atoms with E-state index in [9.17, 15) is 9.18 Å². The minimum Gasteiger partial charge on any atom is -0.481 e. The Labute approximate surface area is 109 Å². The Morgan fingerprint density at radius 2 is 2.26 bits per heavy atom. The number of amides is 1. The summed E-state index contributed by atoms with van der Waals surface area (Å²) in [5, 5.41) is 2.60. The molecule has 1 N–H and O–H groups in total. The van der Waals surface area contributed by atoms with Crippen molar-refractivity contribution in [3.05, 3.63) is 53.7 Å². The zero-order chi connectivity index (χ0) is 13.7. The summed E-state index contributed by atoms with van der Waals surface area (Å²) in [4.78, 5) is 19.4. The Kier molecular flexibility index (Phi) is 4.02. The average molecular weight is 261 g/mol. The smallest absolute Gasteiger partial charge is 0.254 e. The molecule has 2 aromatic heterocycles. The highest BCUT2D eigenvalue weighted by molar-refractivity contribution is 5.94. The third kappa shape index (κ3) is 3.04. The van der Waals surface area contributed by atoms with E-state index in [1.165, 1.54) is 19.4 Å². The molecule has 2 aromatic rings. The van der Waals surface area contributed by atoms with Crippen LogP contribution in [0.25, 0.3) is 0 Å². The number of rotatable bonds is 4. The summed E-state index contributed by atoms with van der Waals surface area (Å²) < 4.78 is 18.4. The third-order valence-electron chi connectivity index (χ3n) is 2.50. The van der Waals surface area contributed by atoms with Crippen molar-refractivity contribution in [1.82, 2.24) is 15.3 Å². The highest BCUT2D eigenvalue weighted by Crippen LogP contribution is 2.13. The van der Waals surface area contributed by atoms with Crippen LogP contribution in [0.4, 0.5) is 4.39 Å². The molecule has 0 aromatic carbocycles. The van der Waals surface area contributed by atoms with E-state index in [-0.39, 0.29) is 12.1 Å². The van der Waals surface area contributed by atoms with Crippen molar-refractivity contribution in [2.24, 2.45) is 0 Å². The summed E-state index contributed by atoms with van der Waals surface area (Å²) in [6, 6.07) is 4.83. The first kappa shape index (κ1) is 12.9. The number of nitrogens with zero attached hydrogens (tertiary/aromatic N) is 2. The van der Waals surface area contributed by atoms with Gasteiger partial charge in [0.2, 0.25) is 5.88 Å². The van der Waals surface area contributed by atoms with Crippen molar-refractivity contribution >= 4 is 5.91 Å². The molecule has 0 spiro atoms. The lowest BCUT2D eigenvalue weighted by molar-refractivity contribution is 0.0946. The molecule has 19 heavy (non-hydrogen) atoms. The zero-order valence-corrected chi connectivity index (χ0v) is 10.3. The van der Waals surface area contributed by atoms with Crippen LogP contribution in [0.1, 0.15) is 15.9 Å². The minimum atomic E-state index is -0.654. The van der Waals surface area contributed by atoms with Crippen LogP contribution in [0.3, 0.4) is 0 Å². The van der Waals surface area contributed by atoms with Crippen LogP contribution in [0.15, 0.2) is 36.8 Å². The van der Waals surface area contributed by atoms with E-state index in [1.807, 2.05) is 0 Å². The first-order valence-electron chi connectivity index (χ1n) is 5.58. The zero-order valence-electron chi connectivity index (χ0n) is 10.3. The van der Waals surface area contributed by atoms with Gasteiger partial charge in [-0.25, -0.2) is 9.37 Å². The van der Waals surface area contributed by atoms with Gasteiger partial charge in [0.05, 0.1) is 18.9 Å². The number of nitrogens with one attached hydrogen (secondary N) is 1. The Balaban J connectivity index is 2.07. The highest BCUT2D eigenvalue weighted by atomic mass is 19.1. The van der Waals surface area contributed by atoms with Crippen LogP contribution in [0.2, 0.25) is 0 Å². The molecule has 0 aliphatic carbocycles. The van der Waals surface area contributed by atoms with Crippen LogP contribution in [0, 0.1) is 5.82 Å². The molecule has 1 amide bonds. The van der Waals surface area contributed by atoms with Gasteiger partial charge in [0.1, 0.15) is 0 Å². The summed E-state index contributed by atoms with van der Waals surface area (Å²) in [7, 11) is 1.50. The third-order valence-corrected chi connectivity index (χ3v) is 2.50. The molecule has 0 saturated carbocycles. The fourth-order valence-electron chi connectivity index (χ4n) is 1.57. The van der Waals surface area contributed by atoms with Crippen molar-refractivity contribution in [1.29, 1.82) is 0 Å². The van der Waals surface area contributed by atoms with Gasteiger partial charge in [0.25, 0.3) is 5.91 Å². The Hall–Kier alpha value is -2.50. The van der Waals surface area contributed by atoms with Gasteiger partial charge >= 0.3 is 0 Å². The molecule has 0 aliphatic heterocycles. The maximum Gasteiger partial charge on any atom is 0.254 e. The molecular formula is C13H12FN3O2. The van der Waals surface area contributed by atoms with Crippen LogP contribution in [-0.4, -0.2) is 23.0 Å². The number of pyridine rings is 2. The molecule has 0 aliphatic rings. The molecule has 0 fully saturated rings. The highest BCUT2D eigenvalue weighted by Gasteiger charge is 2.12. The van der Waals surface area contributed by atoms with Gasteiger partial charge in [-0.1, -0.05) is 6.07 Å². The van der Waals surface area contributed by atoms with Gasteiger partial charge in [-0.05, 0) is 12.1 Å². The molecule has 0 bridgehead atoms. The number of carbonyl (C=O) groups excluding carboxylic acids is 1. The largest absolute Gasteiger partial charge is 0.481 e. The number of hydrogen-bond donors (Lipinski definition) is 1. The molecule has 0 radical (unpaired) electrons. The predicted molar refractivity (Wildman–Crippen MR) is 66.2 cm³/mol. The van der Waals surface area contributed by atoms with Gasteiger partial charge in [0, 0.05) is 24.5 Å². The number of hydrogen-bond acceptors (Lipinski definition) is 4. The van der Waals surface area contributed by atoms with Gasteiger partial charge in [-0.2, -0.15) is 0 Å². The second-order valence-electron chi connectivity index (χ2n) is 3.71. The maximum absolute atomic E-state index is 13.4. The number of methoxy groups -OCH3 is 1. The number of ether oxygens (including phenoxy) is 1. The summed E-state index contributed by atoms with van der Waals surface area (Å²) in [5.41, 5.74) is 0.672. The molecule has 0 atom stereocenters. The standard InChI is InChI=1S/C13H12FN3O2/c1-19-13-9(3-2-5-16-13)7-17-12(18)10-4-6-15-8-11(10)14/h2-6,8H,7H2,1H3,(H,17,18). The van der Waals surface area contributed by atoms with Crippen molar-refractivity contribution in [2.75, 3.05) is 7.11 Å². The first-order valence-corrected chi connectivity index (χ1v) is 5.58. The topological polar surface area (TPSA) is 64.1 Å². The average Bonchev–Trinajstić information content (AvgIpc) is 2.45. The van der Waals surface area contributed by atoms with Crippen molar-refractivity contribution in [3.63, 3.8) is 0 Å². The van der Waals surface area contributed by atoms with Crippen molar-refractivity contribution < 1.29 is 13.9 Å². The van der Waals surface area contributed by atoms with E-state index >= 15 is 0 Å². The fraction of sp³-hybridized carbons (Fsp3) is 0.154. The fourth-order valence-corrected chi connectivity index (χ4v) is 1.57. The second-order valence-corrected chi connectivity index (χ2v) is 3.71. The number of carbonyl (C=O) groups is 1. The Bertz CT molecular complexity index is 590. The Morgan fingerprint density at radius 1 is 1.42 bits per heavy atom. The molecule has 2 rings (SSSR count). The first-order chi connectivity index (χ1) is 9.22. The Morgan fingerprint density at radius 3 is 3.00 bits per heavy atom. The lowest BCUT2D eigenvalue weighted by atomic mass is 10.2. The quantitative estimate of drug-likeness (QED) is 0.907. The van der Waals surface area contributed by atoms with Gasteiger partial charge in [-0.3, -0.25) is 9.78 Å². The van der Waals surface area contributed by atoms with Gasteiger partial charge < -0.3 is 10.1 Å². The van der Waals surface area contributed by atoms with Gasteiger partial charge in [0.15, 0.2) is 5.82 Å². The maximum atomic E-state index is 13.4. The van der Waals surface area contributed by atoms with E-state index in [0.717, 1.165) is 6.20 Å². The molecule has 6 heteroatoms. The van der Waals surface area contributed by atoms with E-state index in [0.29, 0.717) is 11.4 Å². The van der Waals surface area contributed by atoms with E-state index < -0.39 is 11.7 Å². The second kappa shape index (κ2) is 5.90. The summed E-state index contributed by atoms with van der Waals surface area (Å²) in [6.07, 6.45) is 3.95. The molecular weight excluding hydrogens is 249 g/mol. The van der Waals surface area contributed by atoms with E-state index in [2.05, 4.69) is 15.3 Å². The molecule has 98 valence electrons.